The van der Waals surface area contributed by atoms with Crippen LogP contribution in [0.3, 0.4) is 0 Å². The molecule has 6 nitrogen and oxygen atoms in total. The molecule has 0 radical (unpaired) electrons. The number of amides is 1. The molecule has 1 saturated heterocycles. The minimum atomic E-state index is 0.229. The van der Waals surface area contributed by atoms with Crippen molar-refractivity contribution in [2.45, 2.75) is 57.4 Å². The third-order valence-electron chi connectivity index (χ3n) is 5.80. The third-order valence-corrected chi connectivity index (χ3v) is 6.53. The normalized spacial score (nSPS) is 18.8. The van der Waals surface area contributed by atoms with Gasteiger partial charge in [-0.15, -0.1) is 11.3 Å². The van der Waals surface area contributed by atoms with Crippen LogP contribution in [-0.2, 0) is 17.8 Å². The summed E-state index contributed by atoms with van der Waals surface area (Å²) < 4.78 is 2.36. The van der Waals surface area contributed by atoms with Crippen LogP contribution in [0.25, 0.3) is 0 Å². The number of imidazole rings is 1. The number of likely N-dealkylation sites (tertiary alicyclic amines) is 1. The predicted molar refractivity (Wildman–Crippen MR) is 103 cm³/mol. The number of hydrogen-bond acceptors (Lipinski definition) is 5. The number of carbonyl (C=O) groups excluding carboxylic acids is 1. The molecule has 0 aromatic carbocycles. The standard InChI is InChI=1S/C19H27N5OS/c20-19-22-16(13-26-19)4-5-17(25)23-9-6-15(7-10-23)18-21-8-11-24(18)12-14-2-1-3-14/h8,11,13-15H,1-7,9-10,12H2,(H2,20,22). The summed E-state index contributed by atoms with van der Waals surface area (Å²) in [4.78, 5) is 23.4. The lowest BCUT2D eigenvalue weighted by Crippen LogP contribution is -2.38. The zero-order valence-corrected chi connectivity index (χ0v) is 16.0. The van der Waals surface area contributed by atoms with Crippen molar-refractivity contribution in [3.63, 3.8) is 0 Å². The maximum atomic E-state index is 12.5. The van der Waals surface area contributed by atoms with Crippen LogP contribution in [0.15, 0.2) is 17.8 Å². The number of nitrogens with two attached hydrogens (primary N) is 1. The Hall–Kier alpha value is -1.89. The molecule has 1 aliphatic carbocycles. The maximum Gasteiger partial charge on any atom is 0.222 e. The van der Waals surface area contributed by atoms with Gasteiger partial charge in [0.05, 0.1) is 5.69 Å². The van der Waals surface area contributed by atoms with Gasteiger partial charge in [-0.05, 0) is 38.0 Å². The van der Waals surface area contributed by atoms with E-state index in [0.717, 1.165) is 44.1 Å². The fraction of sp³-hybridized carbons (Fsp3) is 0.632. The van der Waals surface area contributed by atoms with Crippen molar-refractivity contribution in [2.24, 2.45) is 5.92 Å². The van der Waals surface area contributed by atoms with Crippen LogP contribution in [0.2, 0.25) is 0 Å². The van der Waals surface area contributed by atoms with E-state index in [4.69, 9.17) is 5.73 Å². The number of rotatable bonds is 6. The van der Waals surface area contributed by atoms with Crippen LogP contribution in [0.1, 0.15) is 56.0 Å². The van der Waals surface area contributed by atoms with E-state index in [0.29, 0.717) is 23.9 Å². The molecule has 0 atom stereocenters. The van der Waals surface area contributed by atoms with Gasteiger partial charge >= 0.3 is 0 Å². The average molecular weight is 374 g/mol. The molecule has 1 aliphatic heterocycles. The number of nitrogen functional groups attached to an aromatic ring is 1. The van der Waals surface area contributed by atoms with Crippen LogP contribution in [0.5, 0.6) is 0 Å². The summed E-state index contributed by atoms with van der Waals surface area (Å²) in [5.74, 6) is 2.77. The van der Waals surface area contributed by atoms with Crippen molar-refractivity contribution >= 4 is 22.4 Å². The number of hydrogen-bond donors (Lipinski definition) is 1. The highest BCUT2D eigenvalue weighted by molar-refractivity contribution is 7.13. The summed E-state index contributed by atoms with van der Waals surface area (Å²) >= 11 is 1.43. The average Bonchev–Trinajstić information content (AvgIpc) is 3.25. The molecule has 3 heterocycles. The first-order valence-electron chi connectivity index (χ1n) is 9.67. The fourth-order valence-corrected chi connectivity index (χ4v) is 4.60. The zero-order valence-electron chi connectivity index (χ0n) is 15.1. The Balaban J connectivity index is 1.27. The molecule has 4 rings (SSSR count). The second-order valence-corrected chi connectivity index (χ2v) is 8.46. The van der Waals surface area contributed by atoms with Gasteiger partial charge in [0, 0.05) is 49.7 Å². The molecule has 1 saturated carbocycles. The lowest BCUT2D eigenvalue weighted by atomic mass is 9.85. The largest absolute Gasteiger partial charge is 0.375 e. The van der Waals surface area contributed by atoms with E-state index in [2.05, 4.69) is 20.7 Å². The minimum Gasteiger partial charge on any atom is -0.375 e. The summed E-state index contributed by atoms with van der Waals surface area (Å²) in [6.45, 7) is 2.78. The highest BCUT2D eigenvalue weighted by atomic mass is 32.1. The minimum absolute atomic E-state index is 0.229. The van der Waals surface area contributed by atoms with Crippen LogP contribution >= 0.6 is 11.3 Å². The number of thiazole rings is 1. The van der Waals surface area contributed by atoms with Gasteiger partial charge in [-0.25, -0.2) is 9.97 Å². The molecule has 2 aromatic heterocycles. The predicted octanol–water partition coefficient (Wildman–Crippen LogP) is 3.06. The van der Waals surface area contributed by atoms with Gasteiger partial charge in [0.2, 0.25) is 5.91 Å². The van der Waals surface area contributed by atoms with E-state index >= 15 is 0 Å². The molecule has 26 heavy (non-hydrogen) atoms. The first-order chi connectivity index (χ1) is 12.7. The molecular formula is C19H27N5OS. The number of anilines is 1. The lowest BCUT2D eigenvalue weighted by Gasteiger charge is -2.33. The molecular weight excluding hydrogens is 346 g/mol. The van der Waals surface area contributed by atoms with Gasteiger partial charge in [-0.2, -0.15) is 0 Å². The Morgan fingerprint density at radius 3 is 2.73 bits per heavy atom. The monoisotopic (exact) mass is 373 g/mol. The Bertz CT molecular complexity index is 743. The van der Waals surface area contributed by atoms with Crippen LogP contribution in [0.4, 0.5) is 5.13 Å². The summed E-state index contributed by atoms with van der Waals surface area (Å²) in [6, 6.07) is 0. The molecule has 1 amide bonds. The van der Waals surface area contributed by atoms with Crippen molar-refractivity contribution in [1.29, 1.82) is 0 Å². The number of nitrogens with zero attached hydrogens (tertiary/aromatic N) is 4. The summed E-state index contributed by atoms with van der Waals surface area (Å²) in [7, 11) is 0. The van der Waals surface area contributed by atoms with Gasteiger partial charge < -0.3 is 15.2 Å². The number of carbonyl (C=O) groups is 1. The van der Waals surface area contributed by atoms with E-state index < -0.39 is 0 Å². The zero-order chi connectivity index (χ0) is 17.9. The second kappa shape index (κ2) is 7.78. The van der Waals surface area contributed by atoms with E-state index in [9.17, 15) is 4.79 Å². The molecule has 2 fully saturated rings. The molecule has 7 heteroatoms. The van der Waals surface area contributed by atoms with E-state index in [1.54, 1.807) is 0 Å². The van der Waals surface area contributed by atoms with Crippen LogP contribution < -0.4 is 5.73 Å². The molecule has 2 aliphatic rings. The summed E-state index contributed by atoms with van der Waals surface area (Å²) in [5, 5.41) is 2.52. The maximum absolute atomic E-state index is 12.5. The van der Waals surface area contributed by atoms with E-state index in [1.807, 2.05) is 16.5 Å². The Morgan fingerprint density at radius 1 is 1.27 bits per heavy atom. The quantitative estimate of drug-likeness (QED) is 0.844. The number of piperidine rings is 1. The Labute approximate surface area is 158 Å². The smallest absolute Gasteiger partial charge is 0.222 e. The highest BCUT2D eigenvalue weighted by Gasteiger charge is 2.27. The Morgan fingerprint density at radius 2 is 2.08 bits per heavy atom. The second-order valence-electron chi connectivity index (χ2n) is 7.57. The number of aryl methyl sites for hydroxylation is 1. The summed E-state index contributed by atoms with van der Waals surface area (Å²) in [6.07, 6.45) is 11.4. The SMILES string of the molecule is Nc1nc(CCC(=O)N2CCC(c3nccn3CC3CCC3)CC2)cs1. The van der Waals surface area contributed by atoms with Gasteiger partial charge in [0.1, 0.15) is 5.82 Å². The molecule has 2 aromatic rings. The van der Waals surface area contributed by atoms with Crippen LogP contribution in [0, 0.1) is 5.92 Å². The van der Waals surface area contributed by atoms with Crippen molar-refractivity contribution in [3.05, 3.63) is 29.3 Å². The number of aromatic nitrogens is 3. The first kappa shape index (κ1) is 17.5. The Kier molecular flexibility index (Phi) is 5.24. The van der Waals surface area contributed by atoms with Crippen molar-refractivity contribution < 1.29 is 4.79 Å². The van der Waals surface area contributed by atoms with Gasteiger partial charge in [-0.3, -0.25) is 4.79 Å². The topological polar surface area (TPSA) is 77.0 Å². The van der Waals surface area contributed by atoms with Crippen LogP contribution in [-0.4, -0.2) is 38.4 Å². The highest BCUT2D eigenvalue weighted by Crippen LogP contribution is 2.31. The molecule has 0 bridgehead atoms. The first-order valence-corrected chi connectivity index (χ1v) is 10.6. The van der Waals surface area contributed by atoms with Gasteiger partial charge in [-0.1, -0.05) is 6.42 Å². The molecule has 0 unspecified atom stereocenters. The molecule has 2 N–H and O–H groups in total. The lowest BCUT2D eigenvalue weighted by molar-refractivity contribution is -0.132. The molecule has 0 spiro atoms. The van der Waals surface area contributed by atoms with E-state index in [1.165, 1.54) is 36.4 Å². The van der Waals surface area contributed by atoms with Gasteiger partial charge in [0.25, 0.3) is 0 Å². The van der Waals surface area contributed by atoms with Crippen molar-refractivity contribution in [3.8, 4) is 0 Å². The third kappa shape index (κ3) is 3.92. The van der Waals surface area contributed by atoms with E-state index in [-0.39, 0.29) is 5.91 Å². The van der Waals surface area contributed by atoms with Gasteiger partial charge in [0.15, 0.2) is 5.13 Å². The van der Waals surface area contributed by atoms with Crippen molar-refractivity contribution in [2.75, 3.05) is 18.8 Å². The summed E-state index contributed by atoms with van der Waals surface area (Å²) in [5.41, 5.74) is 6.57. The fourth-order valence-electron chi connectivity index (χ4n) is 4.01. The van der Waals surface area contributed by atoms with Crippen molar-refractivity contribution in [1.82, 2.24) is 19.4 Å². The molecule has 140 valence electrons.